The van der Waals surface area contributed by atoms with Crippen LogP contribution in [-0.2, 0) is 18.4 Å². The summed E-state index contributed by atoms with van der Waals surface area (Å²) in [4.78, 5) is 8.83. The van der Waals surface area contributed by atoms with E-state index in [0.717, 1.165) is 24.3 Å². The average molecular weight is 502 g/mol. The van der Waals surface area contributed by atoms with E-state index >= 15 is 0 Å². The first-order valence-electron chi connectivity index (χ1n) is 9.16. The first-order chi connectivity index (χ1) is 12.8. The van der Waals surface area contributed by atoms with Gasteiger partial charge >= 0.3 is 0 Å². The number of oxazole rings is 1. The molecule has 2 aromatic rings. The van der Waals surface area contributed by atoms with Crippen LogP contribution in [0.5, 0.6) is 11.5 Å². The molecular weight excluding hydrogens is 471 g/mol. The van der Waals surface area contributed by atoms with E-state index in [2.05, 4.69) is 41.4 Å². The molecule has 3 N–H and O–H groups in total. The molecule has 7 nitrogen and oxygen atoms in total. The van der Waals surface area contributed by atoms with Crippen LogP contribution in [0, 0.1) is 0 Å². The maximum absolute atomic E-state index is 9.66. The first kappa shape index (κ1) is 24.1. The van der Waals surface area contributed by atoms with Crippen molar-refractivity contribution in [3.8, 4) is 11.5 Å². The SMILES string of the molecule is CCNC(=NCc1ncc(C(C)(C)C)o1)NCCc1ccc(O)c(OC)c1.I. The predicted molar refractivity (Wildman–Crippen MR) is 122 cm³/mol. The molecule has 1 aromatic carbocycles. The van der Waals surface area contributed by atoms with Crippen molar-refractivity contribution < 1.29 is 14.3 Å². The normalized spacial score (nSPS) is 11.7. The van der Waals surface area contributed by atoms with Crippen molar-refractivity contribution in [2.45, 2.75) is 46.1 Å². The number of halogens is 1. The Balaban J connectivity index is 0.00000392. The number of nitrogens with one attached hydrogen (secondary N) is 2. The Hall–Kier alpha value is -1.97. The van der Waals surface area contributed by atoms with E-state index in [1.807, 2.05) is 19.1 Å². The number of benzene rings is 1. The van der Waals surface area contributed by atoms with E-state index in [4.69, 9.17) is 9.15 Å². The largest absolute Gasteiger partial charge is 0.504 e. The van der Waals surface area contributed by atoms with Gasteiger partial charge in [0, 0.05) is 18.5 Å². The molecule has 0 aliphatic heterocycles. The molecule has 0 atom stereocenters. The van der Waals surface area contributed by atoms with Gasteiger partial charge in [-0.25, -0.2) is 9.98 Å². The molecule has 0 aliphatic carbocycles. The fourth-order valence-electron chi connectivity index (χ4n) is 2.42. The fraction of sp³-hybridized carbons (Fsp3) is 0.500. The van der Waals surface area contributed by atoms with Gasteiger partial charge in [0.05, 0.1) is 13.3 Å². The molecule has 1 aromatic heterocycles. The number of methoxy groups -OCH3 is 1. The third kappa shape index (κ3) is 7.21. The maximum atomic E-state index is 9.66. The van der Waals surface area contributed by atoms with Crippen LogP contribution in [0.25, 0.3) is 0 Å². The third-order valence-corrected chi connectivity index (χ3v) is 3.96. The van der Waals surface area contributed by atoms with Crippen molar-refractivity contribution in [1.82, 2.24) is 15.6 Å². The van der Waals surface area contributed by atoms with Crippen LogP contribution in [0.3, 0.4) is 0 Å². The first-order valence-corrected chi connectivity index (χ1v) is 9.16. The highest BCUT2D eigenvalue weighted by Crippen LogP contribution is 2.26. The second-order valence-electron chi connectivity index (χ2n) is 7.25. The van der Waals surface area contributed by atoms with Crippen LogP contribution >= 0.6 is 24.0 Å². The molecule has 156 valence electrons. The Morgan fingerprint density at radius 3 is 2.64 bits per heavy atom. The van der Waals surface area contributed by atoms with Crippen molar-refractivity contribution in [2.24, 2.45) is 4.99 Å². The zero-order chi connectivity index (χ0) is 19.9. The van der Waals surface area contributed by atoms with Gasteiger partial charge in [-0.05, 0) is 31.0 Å². The minimum absolute atomic E-state index is 0. The molecule has 28 heavy (non-hydrogen) atoms. The summed E-state index contributed by atoms with van der Waals surface area (Å²) in [6.45, 7) is 10.1. The maximum Gasteiger partial charge on any atom is 0.216 e. The standard InChI is InChI=1S/C20H30N4O3.HI/c1-6-21-19(24-13-18-23-12-17(27-18)20(2,3)4)22-10-9-14-7-8-15(25)16(11-14)26-5;/h7-8,11-12,25H,6,9-10,13H2,1-5H3,(H2,21,22,24);1H. The van der Waals surface area contributed by atoms with Crippen LogP contribution in [0.15, 0.2) is 33.8 Å². The molecule has 8 heteroatoms. The molecule has 0 aliphatic rings. The molecule has 0 unspecified atom stereocenters. The summed E-state index contributed by atoms with van der Waals surface area (Å²) in [6, 6.07) is 5.36. The second-order valence-corrected chi connectivity index (χ2v) is 7.25. The van der Waals surface area contributed by atoms with Crippen molar-refractivity contribution >= 4 is 29.9 Å². The molecule has 0 spiro atoms. The van der Waals surface area contributed by atoms with Crippen LogP contribution in [0.4, 0.5) is 0 Å². The third-order valence-electron chi connectivity index (χ3n) is 3.96. The van der Waals surface area contributed by atoms with Gasteiger partial charge in [0.1, 0.15) is 12.3 Å². The van der Waals surface area contributed by atoms with E-state index in [-0.39, 0.29) is 35.1 Å². The molecule has 0 saturated heterocycles. The van der Waals surface area contributed by atoms with Gasteiger partial charge in [-0.2, -0.15) is 0 Å². The van der Waals surface area contributed by atoms with Crippen molar-refractivity contribution in [1.29, 1.82) is 0 Å². The van der Waals surface area contributed by atoms with E-state index in [9.17, 15) is 5.11 Å². The van der Waals surface area contributed by atoms with E-state index in [1.54, 1.807) is 19.4 Å². The molecule has 2 rings (SSSR count). The van der Waals surface area contributed by atoms with Crippen LogP contribution < -0.4 is 15.4 Å². The topological polar surface area (TPSA) is 91.9 Å². The zero-order valence-corrected chi connectivity index (χ0v) is 19.5. The minimum Gasteiger partial charge on any atom is -0.504 e. The number of aromatic hydroxyl groups is 1. The lowest BCUT2D eigenvalue weighted by Gasteiger charge is -2.13. The van der Waals surface area contributed by atoms with Gasteiger partial charge in [-0.15, -0.1) is 24.0 Å². The number of hydrogen-bond donors (Lipinski definition) is 3. The summed E-state index contributed by atoms with van der Waals surface area (Å²) >= 11 is 0. The van der Waals surface area contributed by atoms with Gasteiger partial charge in [0.25, 0.3) is 0 Å². The molecule has 1 heterocycles. The average Bonchev–Trinajstić information content (AvgIpc) is 3.10. The van der Waals surface area contributed by atoms with Crippen LogP contribution in [0.2, 0.25) is 0 Å². The van der Waals surface area contributed by atoms with Gasteiger partial charge in [0.15, 0.2) is 17.5 Å². The number of aromatic nitrogens is 1. The number of phenols is 1. The Kier molecular flexibility index (Phi) is 9.57. The monoisotopic (exact) mass is 502 g/mol. The number of rotatable bonds is 7. The molecule has 0 fully saturated rings. The molecule has 0 amide bonds. The molecule has 0 saturated carbocycles. The van der Waals surface area contributed by atoms with Gasteiger partial charge in [0.2, 0.25) is 5.89 Å². The Bertz CT molecular complexity index is 769. The van der Waals surface area contributed by atoms with Crippen LogP contribution in [-0.4, -0.2) is 36.2 Å². The highest BCUT2D eigenvalue weighted by atomic mass is 127. The smallest absolute Gasteiger partial charge is 0.216 e. The fourth-order valence-corrected chi connectivity index (χ4v) is 2.42. The zero-order valence-electron chi connectivity index (χ0n) is 17.2. The summed E-state index contributed by atoms with van der Waals surface area (Å²) in [7, 11) is 1.54. The number of hydrogen-bond acceptors (Lipinski definition) is 5. The van der Waals surface area contributed by atoms with Gasteiger partial charge < -0.3 is 24.9 Å². The number of nitrogens with zero attached hydrogens (tertiary/aromatic N) is 2. The Morgan fingerprint density at radius 1 is 1.29 bits per heavy atom. The van der Waals surface area contributed by atoms with Crippen molar-refractivity contribution in [3.63, 3.8) is 0 Å². The van der Waals surface area contributed by atoms with E-state index in [0.29, 0.717) is 30.7 Å². The predicted octanol–water partition coefficient (Wildman–Crippen LogP) is 3.60. The minimum atomic E-state index is -0.0666. The number of ether oxygens (including phenoxy) is 1. The highest BCUT2D eigenvalue weighted by Gasteiger charge is 2.19. The summed E-state index contributed by atoms with van der Waals surface area (Å²) < 4.78 is 10.9. The summed E-state index contributed by atoms with van der Waals surface area (Å²) in [5.74, 6) is 2.78. The lowest BCUT2D eigenvalue weighted by Crippen LogP contribution is -2.38. The number of guanidine groups is 1. The quantitative estimate of drug-likeness (QED) is 0.305. The molecule has 0 radical (unpaired) electrons. The number of phenolic OH excluding ortho intramolecular Hbond substituents is 1. The molecule has 0 bridgehead atoms. The van der Waals surface area contributed by atoms with Crippen molar-refractivity contribution in [3.05, 3.63) is 41.6 Å². The van der Waals surface area contributed by atoms with E-state index < -0.39 is 0 Å². The lowest BCUT2D eigenvalue weighted by atomic mass is 9.94. The van der Waals surface area contributed by atoms with Gasteiger partial charge in [-0.3, -0.25) is 0 Å². The molecular formula is C20H31IN4O3. The van der Waals surface area contributed by atoms with Gasteiger partial charge in [-0.1, -0.05) is 26.8 Å². The van der Waals surface area contributed by atoms with Crippen molar-refractivity contribution in [2.75, 3.05) is 20.2 Å². The lowest BCUT2D eigenvalue weighted by molar-refractivity contribution is 0.373. The Labute approximate surface area is 184 Å². The Morgan fingerprint density at radius 2 is 2.04 bits per heavy atom. The summed E-state index contributed by atoms with van der Waals surface area (Å²) in [5, 5.41) is 16.2. The van der Waals surface area contributed by atoms with Crippen LogP contribution in [0.1, 0.15) is 44.9 Å². The summed E-state index contributed by atoms with van der Waals surface area (Å²) in [5.41, 5.74) is 0.999. The number of aliphatic imine (C=N–C) groups is 1. The summed E-state index contributed by atoms with van der Waals surface area (Å²) in [6.07, 6.45) is 2.54. The second kappa shape index (κ2) is 11.1. The van der Waals surface area contributed by atoms with E-state index in [1.165, 1.54) is 0 Å². The highest BCUT2D eigenvalue weighted by molar-refractivity contribution is 14.0.